The Balaban J connectivity index is 2.11. The molecule has 1 aromatic rings. The van der Waals surface area contributed by atoms with E-state index in [9.17, 15) is 4.79 Å². The van der Waals surface area contributed by atoms with Crippen molar-refractivity contribution in [1.29, 1.82) is 0 Å². The minimum atomic E-state index is -0.339. The van der Waals surface area contributed by atoms with Gasteiger partial charge in [-0.25, -0.2) is 4.79 Å². The van der Waals surface area contributed by atoms with Gasteiger partial charge in [0.1, 0.15) is 12.4 Å². The first kappa shape index (κ1) is 14.5. The predicted octanol–water partition coefficient (Wildman–Crippen LogP) is 1.92. The van der Waals surface area contributed by atoms with E-state index in [4.69, 9.17) is 9.47 Å². The molecule has 1 aromatic carbocycles. The van der Waals surface area contributed by atoms with Gasteiger partial charge in [0.2, 0.25) is 0 Å². The lowest BCUT2D eigenvalue weighted by Crippen LogP contribution is -2.24. The van der Waals surface area contributed by atoms with Gasteiger partial charge in [-0.05, 0) is 32.0 Å². The van der Waals surface area contributed by atoms with Crippen molar-refractivity contribution in [2.24, 2.45) is 0 Å². The SMILES string of the molecule is CCCNCCOC(=O)COc1ccc(C)cc1. The third-order valence-electron chi connectivity index (χ3n) is 2.35. The molecule has 0 aliphatic heterocycles. The molecule has 0 bridgehead atoms. The van der Waals surface area contributed by atoms with E-state index in [1.807, 2.05) is 31.2 Å². The number of esters is 1. The summed E-state index contributed by atoms with van der Waals surface area (Å²) in [5.74, 6) is 0.343. The Morgan fingerprint density at radius 1 is 1.22 bits per heavy atom. The summed E-state index contributed by atoms with van der Waals surface area (Å²) in [6.07, 6.45) is 1.07. The van der Waals surface area contributed by atoms with Crippen molar-refractivity contribution in [1.82, 2.24) is 5.32 Å². The smallest absolute Gasteiger partial charge is 0.344 e. The van der Waals surface area contributed by atoms with Gasteiger partial charge in [0, 0.05) is 6.54 Å². The zero-order chi connectivity index (χ0) is 13.2. The van der Waals surface area contributed by atoms with E-state index >= 15 is 0 Å². The standard InChI is InChI=1S/C14H21NO3/c1-3-8-15-9-10-17-14(16)11-18-13-6-4-12(2)5-7-13/h4-7,15H,3,8-11H2,1-2H3. The summed E-state index contributed by atoms with van der Waals surface area (Å²) in [5.41, 5.74) is 1.16. The van der Waals surface area contributed by atoms with Gasteiger partial charge in [-0.1, -0.05) is 24.6 Å². The summed E-state index contributed by atoms with van der Waals surface area (Å²) in [4.78, 5) is 11.3. The molecular formula is C14H21NO3. The molecule has 0 aliphatic rings. The second kappa shape index (κ2) is 8.53. The molecule has 1 rings (SSSR count). The lowest BCUT2D eigenvalue weighted by Gasteiger charge is -2.07. The minimum absolute atomic E-state index is 0.0448. The summed E-state index contributed by atoms with van der Waals surface area (Å²) < 4.78 is 10.3. The number of carbonyl (C=O) groups excluding carboxylic acids is 1. The van der Waals surface area contributed by atoms with Crippen LogP contribution in [0.5, 0.6) is 5.75 Å². The van der Waals surface area contributed by atoms with E-state index in [-0.39, 0.29) is 12.6 Å². The van der Waals surface area contributed by atoms with E-state index < -0.39 is 0 Å². The maximum Gasteiger partial charge on any atom is 0.344 e. The lowest BCUT2D eigenvalue weighted by atomic mass is 10.2. The average Bonchev–Trinajstić information content (AvgIpc) is 2.38. The third kappa shape index (κ3) is 6.25. The Bertz CT molecular complexity index is 349. The van der Waals surface area contributed by atoms with Crippen LogP contribution in [0.3, 0.4) is 0 Å². The van der Waals surface area contributed by atoms with Gasteiger partial charge < -0.3 is 14.8 Å². The fourth-order valence-corrected chi connectivity index (χ4v) is 1.36. The topological polar surface area (TPSA) is 47.6 Å². The van der Waals surface area contributed by atoms with Crippen LogP contribution >= 0.6 is 0 Å². The summed E-state index contributed by atoms with van der Waals surface area (Å²) >= 11 is 0. The van der Waals surface area contributed by atoms with Gasteiger partial charge in [-0.15, -0.1) is 0 Å². The molecule has 0 fully saturated rings. The van der Waals surface area contributed by atoms with Crippen molar-refractivity contribution in [3.8, 4) is 5.75 Å². The second-order valence-corrected chi connectivity index (χ2v) is 4.07. The number of carbonyl (C=O) groups is 1. The molecule has 0 heterocycles. The molecule has 0 saturated heterocycles. The molecule has 18 heavy (non-hydrogen) atoms. The first-order valence-electron chi connectivity index (χ1n) is 6.28. The second-order valence-electron chi connectivity index (χ2n) is 4.07. The highest BCUT2D eigenvalue weighted by Crippen LogP contribution is 2.10. The van der Waals surface area contributed by atoms with Crippen molar-refractivity contribution in [3.63, 3.8) is 0 Å². The van der Waals surface area contributed by atoms with Gasteiger partial charge in [0.15, 0.2) is 6.61 Å². The third-order valence-corrected chi connectivity index (χ3v) is 2.35. The van der Waals surface area contributed by atoms with Crippen LogP contribution in [0.2, 0.25) is 0 Å². The van der Waals surface area contributed by atoms with Crippen molar-refractivity contribution in [2.75, 3.05) is 26.3 Å². The first-order chi connectivity index (χ1) is 8.72. The predicted molar refractivity (Wildman–Crippen MR) is 70.8 cm³/mol. The van der Waals surface area contributed by atoms with Gasteiger partial charge in [0.05, 0.1) is 0 Å². The van der Waals surface area contributed by atoms with E-state index in [0.29, 0.717) is 18.9 Å². The van der Waals surface area contributed by atoms with Crippen molar-refractivity contribution in [2.45, 2.75) is 20.3 Å². The van der Waals surface area contributed by atoms with Crippen LogP contribution in [0.1, 0.15) is 18.9 Å². The van der Waals surface area contributed by atoms with Gasteiger partial charge in [-0.3, -0.25) is 0 Å². The molecule has 0 aromatic heterocycles. The van der Waals surface area contributed by atoms with Crippen LogP contribution in [0, 0.1) is 6.92 Å². The van der Waals surface area contributed by atoms with Crippen molar-refractivity contribution >= 4 is 5.97 Å². The highest BCUT2D eigenvalue weighted by molar-refractivity contribution is 5.71. The average molecular weight is 251 g/mol. The van der Waals surface area contributed by atoms with E-state index in [1.54, 1.807) is 0 Å². The molecule has 0 unspecified atom stereocenters. The zero-order valence-electron chi connectivity index (χ0n) is 11.1. The Morgan fingerprint density at radius 2 is 1.94 bits per heavy atom. The van der Waals surface area contributed by atoms with Crippen molar-refractivity contribution in [3.05, 3.63) is 29.8 Å². The molecule has 4 heteroatoms. The highest BCUT2D eigenvalue weighted by atomic mass is 16.6. The number of nitrogens with one attached hydrogen (secondary N) is 1. The van der Waals surface area contributed by atoms with Gasteiger partial charge in [-0.2, -0.15) is 0 Å². The number of benzene rings is 1. The van der Waals surface area contributed by atoms with E-state index in [0.717, 1.165) is 18.5 Å². The fourth-order valence-electron chi connectivity index (χ4n) is 1.36. The molecular weight excluding hydrogens is 230 g/mol. The first-order valence-corrected chi connectivity index (χ1v) is 6.28. The molecule has 0 amide bonds. The molecule has 100 valence electrons. The summed E-state index contributed by atoms with van der Waals surface area (Å²) in [6, 6.07) is 7.56. The Labute approximate surface area is 108 Å². The zero-order valence-corrected chi connectivity index (χ0v) is 11.1. The largest absolute Gasteiger partial charge is 0.482 e. The monoisotopic (exact) mass is 251 g/mol. The molecule has 0 aliphatic carbocycles. The molecule has 4 nitrogen and oxygen atoms in total. The molecule has 0 saturated carbocycles. The Morgan fingerprint density at radius 3 is 2.61 bits per heavy atom. The van der Waals surface area contributed by atoms with Gasteiger partial charge >= 0.3 is 5.97 Å². The van der Waals surface area contributed by atoms with Crippen LogP contribution < -0.4 is 10.1 Å². The summed E-state index contributed by atoms with van der Waals surface area (Å²) in [7, 11) is 0. The Kier molecular flexibility index (Phi) is 6.87. The number of aryl methyl sites for hydroxylation is 1. The highest BCUT2D eigenvalue weighted by Gasteiger charge is 2.03. The summed E-state index contributed by atoms with van der Waals surface area (Å²) in [6.45, 7) is 6.06. The number of hydrogen-bond donors (Lipinski definition) is 1. The van der Waals surface area contributed by atoms with Crippen LogP contribution in [0.15, 0.2) is 24.3 Å². The Hall–Kier alpha value is -1.55. The van der Waals surface area contributed by atoms with Crippen LogP contribution in [0.4, 0.5) is 0 Å². The van der Waals surface area contributed by atoms with E-state index in [1.165, 1.54) is 0 Å². The number of hydrogen-bond acceptors (Lipinski definition) is 4. The van der Waals surface area contributed by atoms with Crippen LogP contribution in [0.25, 0.3) is 0 Å². The van der Waals surface area contributed by atoms with Crippen LogP contribution in [-0.2, 0) is 9.53 Å². The normalized spacial score (nSPS) is 10.1. The quantitative estimate of drug-likeness (QED) is 0.566. The number of rotatable bonds is 8. The minimum Gasteiger partial charge on any atom is -0.482 e. The fraction of sp³-hybridized carbons (Fsp3) is 0.500. The maximum absolute atomic E-state index is 11.3. The number of ether oxygens (including phenoxy) is 2. The molecule has 1 N–H and O–H groups in total. The molecule has 0 spiro atoms. The molecule has 0 radical (unpaired) electrons. The maximum atomic E-state index is 11.3. The van der Waals surface area contributed by atoms with E-state index in [2.05, 4.69) is 12.2 Å². The van der Waals surface area contributed by atoms with Gasteiger partial charge in [0.25, 0.3) is 0 Å². The van der Waals surface area contributed by atoms with Crippen molar-refractivity contribution < 1.29 is 14.3 Å². The lowest BCUT2D eigenvalue weighted by molar-refractivity contribution is -0.145. The van der Waals surface area contributed by atoms with Crippen LogP contribution in [-0.4, -0.2) is 32.3 Å². The summed E-state index contributed by atoms with van der Waals surface area (Å²) in [5, 5.41) is 3.15. The molecule has 0 atom stereocenters.